The lowest BCUT2D eigenvalue weighted by Crippen LogP contribution is -2.48. The second-order valence-corrected chi connectivity index (χ2v) is 6.78. The van der Waals surface area contributed by atoms with Crippen molar-refractivity contribution >= 4 is 40.7 Å². The van der Waals surface area contributed by atoms with E-state index in [-0.39, 0.29) is 18.6 Å². The summed E-state index contributed by atoms with van der Waals surface area (Å²) < 4.78 is 5.57. The van der Waals surface area contributed by atoms with Crippen molar-refractivity contribution in [1.29, 1.82) is 0 Å². The van der Waals surface area contributed by atoms with Gasteiger partial charge in [-0.15, -0.1) is 0 Å². The van der Waals surface area contributed by atoms with Crippen molar-refractivity contribution in [2.45, 2.75) is 32.2 Å². The number of carbonyl (C=O) groups excluding carboxylic acids is 1. The molecule has 0 radical (unpaired) electrons. The van der Waals surface area contributed by atoms with E-state index in [9.17, 15) is 4.79 Å². The van der Waals surface area contributed by atoms with E-state index in [4.69, 9.17) is 39.5 Å². The fourth-order valence-electron chi connectivity index (χ4n) is 2.71. The summed E-state index contributed by atoms with van der Waals surface area (Å²) in [5.74, 6) is 0.345. The lowest BCUT2D eigenvalue weighted by molar-refractivity contribution is -0.136. The van der Waals surface area contributed by atoms with Crippen LogP contribution in [-0.2, 0) is 4.79 Å². The molecule has 128 valence electrons. The minimum atomic E-state index is -0.0540. The molecule has 0 spiro atoms. The van der Waals surface area contributed by atoms with Crippen LogP contribution in [-0.4, -0.2) is 43.1 Å². The van der Waals surface area contributed by atoms with E-state index < -0.39 is 0 Å². The molecule has 1 N–H and O–H groups in total. The number of amides is 1. The quantitative estimate of drug-likeness (QED) is 0.759. The maximum Gasteiger partial charge on any atom is 0.260 e. The molecule has 2 rings (SSSR count). The minimum Gasteiger partial charge on any atom is -0.482 e. The Hall–Kier alpha value is -0.680. The summed E-state index contributed by atoms with van der Waals surface area (Å²) in [6, 6.07) is 3.33. The Kier molecular flexibility index (Phi) is 7.28. The molecule has 23 heavy (non-hydrogen) atoms. The van der Waals surface area contributed by atoms with Crippen LogP contribution in [0, 0.1) is 0 Å². The van der Waals surface area contributed by atoms with Gasteiger partial charge in [-0.1, -0.05) is 41.7 Å². The molecule has 0 aliphatic carbocycles. The highest BCUT2D eigenvalue weighted by Crippen LogP contribution is 2.33. The van der Waals surface area contributed by atoms with Crippen LogP contribution in [0.3, 0.4) is 0 Å². The van der Waals surface area contributed by atoms with E-state index in [1.54, 1.807) is 0 Å². The van der Waals surface area contributed by atoms with Crippen LogP contribution in [0.1, 0.15) is 26.2 Å². The van der Waals surface area contributed by atoms with Crippen molar-refractivity contribution in [3.05, 3.63) is 27.2 Å². The topological polar surface area (TPSA) is 41.6 Å². The van der Waals surface area contributed by atoms with Gasteiger partial charge in [0.25, 0.3) is 5.91 Å². The molecule has 1 aliphatic heterocycles. The van der Waals surface area contributed by atoms with Gasteiger partial charge in [-0.05, 0) is 38.4 Å². The highest BCUT2D eigenvalue weighted by atomic mass is 35.5. The third kappa shape index (κ3) is 5.15. The summed E-state index contributed by atoms with van der Waals surface area (Å²) in [5.41, 5.74) is 0. The molecule has 0 aromatic heterocycles. The second-order valence-electron chi connectivity index (χ2n) is 5.55. The van der Waals surface area contributed by atoms with Gasteiger partial charge in [-0.2, -0.15) is 0 Å². The monoisotopic (exact) mass is 378 g/mol. The van der Waals surface area contributed by atoms with Crippen molar-refractivity contribution in [3.63, 3.8) is 0 Å². The SMILES string of the molecule is CCCN(C(=O)COc1cc(Cl)c(Cl)cc1Cl)C1CCNCC1. The Balaban J connectivity index is 1.99. The van der Waals surface area contributed by atoms with E-state index in [1.165, 1.54) is 12.1 Å². The summed E-state index contributed by atoms with van der Waals surface area (Å²) in [6.07, 6.45) is 2.86. The number of carbonyl (C=O) groups is 1. The maximum absolute atomic E-state index is 12.5. The Labute approximate surface area is 152 Å². The molecule has 1 heterocycles. The summed E-state index contributed by atoms with van der Waals surface area (Å²) in [6.45, 7) is 4.64. The van der Waals surface area contributed by atoms with Crippen molar-refractivity contribution < 1.29 is 9.53 Å². The molecule has 1 aromatic carbocycles. The number of benzene rings is 1. The number of hydrogen-bond donors (Lipinski definition) is 1. The highest BCUT2D eigenvalue weighted by Gasteiger charge is 2.25. The van der Waals surface area contributed by atoms with Crippen LogP contribution in [0.5, 0.6) is 5.75 Å². The second kappa shape index (κ2) is 8.97. The molecular weight excluding hydrogens is 359 g/mol. The lowest BCUT2D eigenvalue weighted by atomic mass is 10.0. The van der Waals surface area contributed by atoms with E-state index in [2.05, 4.69) is 12.2 Å². The van der Waals surface area contributed by atoms with E-state index in [0.29, 0.717) is 20.8 Å². The molecular formula is C16H21Cl3N2O2. The first-order chi connectivity index (χ1) is 11.0. The largest absolute Gasteiger partial charge is 0.482 e. The molecule has 0 bridgehead atoms. The number of nitrogens with one attached hydrogen (secondary N) is 1. The zero-order chi connectivity index (χ0) is 16.8. The highest BCUT2D eigenvalue weighted by molar-refractivity contribution is 6.43. The van der Waals surface area contributed by atoms with Gasteiger partial charge >= 0.3 is 0 Å². The molecule has 0 atom stereocenters. The average Bonchev–Trinajstić information content (AvgIpc) is 2.55. The van der Waals surface area contributed by atoms with Crippen LogP contribution < -0.4 is 10.1 Å². The zero-order valence-corrected chi connectivity index (χ0v) is 15.3. The van der Waals surface area contributed by atoms with E-state index in [1.807, 2.05) is 4.90 Å². The molecule has 1 aromatic rings. The minimum absolute atomic E-state index is 0.0270. The fourth-order valence-corrected chi connectivity index (χ4v) is 3.30. The molecule has 7 heteroatoms. The Morgan fingerprint density at radius 2 is 1.87 bits per heavy atom. The van der Waals surface area contributed by atoms with Crippen LogP contribution in [0.15, 0.2) is 12.1 Å². The van der Waals surface area contributed by atoms with E-state index >= 15 is 0 Å². The van der Waals surface area contributed by atoms with Crippen LogP contribution >= 0.6 is 34.8 Å². The smallest absolute Gasteiger partial charge is 0.260 e. The first-order valence-electron chi connectivity index (χ1n) is 7.80. The van der Waals surface area contributed by atoms with Gasteiger partial charge in [-0.25, -0.2) is 0 Å². The van der Waals surface area contributed by atoms with Crippen LogP contribution in [0.2, 0.25) is 15.1 Å². The fraction of sp³-hybridized carbons (Fsp3) is 0.562. The zero-order valence-electron chi connectivity index (χ0n) is 13.1. The lowest BCUT2D eigenvalue weighted by Gasteiger charge is -2.34. The Morgan fingerprint density at radius 3 is 2.52 bits per heavy atom. The number of nitrogens with zero attached hydrogens (tertiary/aromatic N) is 1. The Bertz CT molecular complexity index is 548. The van der Waals surface area contributed by atoms with Gasteiger partial charge in [0.2, 0.25) is 0 Å². The summed E-state index contributed by atoms with van der Waals surface area (Å²) in [7, 11) is 0. The first kappa shape index (κ1) is 18.7. The molecule has 0 saturated carbocycles. The van der Waals surface area contributed by atoms with Gasteiger partial charge in [0, 0.05) is 18.7 Å². The molecule has 1 saturated heterocycles. The van der Waals surface area contributed by atoms with Crippen molar-refractivity contribution in [3.8, 4) is 5.75 Å². The van der Waals surface area contributed by atoms with Crippen LogP contribution in [0.25, 0.3) is 0 Å². The summed E-state index contributed by atoms with van der Waals surface area (Å²) in [4.78, 5) is 14.5. The number of piperidine rings is 1. The van der Waals surface area contributed by atoms with Gasteiger partial charge in [0.15, 0.2) is 6.61 Å². The predicted octanol–water partition coefficient (Wildman–Crippen LogP) is 4.02. The Morgan fingerprint density at radius 1 is 1.22 bits per heavy atom. The van der Waals surface area contributed by atoms with Gasteiger partial charge < -0.3 is 15.0 Å². The van der Waals surface area contributed by atoms with Gasteiger partial charge in [-0.3, -0.25) is 4.79 Å². The maximum atomic E-state index is 12.5. The normalized spacial score (nSPS) is 15.5. The van der Waals surface area contributed by atoms with Crippen molar-refractivity contribution in [2.24, 2.45) is 0 Å². The number of ether oxygens (including phenoxy) is 1. The van der Waals surface area contributed by atoms with E-state index in [0.717, 1.165) is 38.9 Å². The van der Waals surface area contributed by atoms with Crippen molar-refractivity contribution in [1.82, 2.24) is 10.2 Å². The number of rotatable bonds is 6. The summed E-state index contributed by atoms with van der Waals surface area (Å²) >= 11 is 17.9. The van der Waals surface area contributed by atoms with Gasteiger partial charge in [0.1, 0.15) is 5.75 Å². The number of hydrogen-bond acceptors (Lipinski definition) is 3. The summed E-state index contributed by atoms with van der Waals surface area (Å²) in [5, 5.41) is 4.37. The third-order valence-electron chi connectivity index (χ3n) is 3.86. The first-order valence-corrected chi connectivity index (χ1v) is 8.93. The standard InChI is InChI=1S/C16H21Cl3N2O2/c1-2-7-21(11-3-5-20-6-4-11)16(22)10-23-15-9-13(18)12(17)8-14(15)19/h8-9,11,20H,2-7,10H2,1H3. The average molecular weight is 380 g/mol. The number of halogens is 3. The van der Waals surface area contributed by atoms with Crippen LogP contribution in [0.4, 0.5) is 0 Å². The molecule has 1 fully saturated rings. The molecule has 1 aliphatic rings. The van der Waals surface area contributed by atoms with Crippen molar-refractivity contribution in [2.75, 3.05) is 26.2 Å². The molecule has 4 nitrogen and oxygen atoms in total. The predicted molar refractivity (Wildman–Crippen MR) is 94.9 cm³/mol. The third-order valence-corrected chi connectivity index (χ3v) is 4.88. The molecule has 0 unspecified atom stereocenters. The van der Waals surface area contributed by atoms with Gasteiger partial charge in [0.05, 0.1) is 15.1 Å². The molecule has 1 amide bonds.